The van der Waals surface area contributed by atoms with Gasteiger partial charge in [-0.2, -0.15) is 0 Å². The van der Waals surface area contributed by atoms with E-state index in [1.54, 1.807) is 12.1 Å². The molecule has 0 bridgehead atoms. The van der Waals surface area contributed by atoms with Crippen LogP contribution in [0.3, 0.4) is 0 Å². The summed E-state index contributed by atoms with van der Waals surface area (Å²) in [6.45, 7) is 0. The highest BCUT2D eigenvalue weighted by molar-refractivity contribution is 6.26. The molecule has 3 heterocycles. The van der Waals surface area contributed by atoms with E-state index in [1.165, 1.54) is 0 Å². The van der Waals surface area contributed by atoms with E-state index in [0.29, 0.717) is 11.3 Å². The van der Waals surface area contributed by atoms with Crippen molar-refractivity contribution < 1.29 is 21.9 Å². The third kappa shape index (κ3) is 4.66. The Hall–Kier alpha value is -7.62. The summed E-state index contributed by atoms with van der Waals surface area (Å²) in [5.74, 6) is 0. The molecule has 266 valence electrons. The van der Waals surface area contributed by atoms with Crippen molar-refractivity contribution >= 4 is 65.4 Å². The molecule has 0 aliphatic rings. The summed E-state index contributed by atoms with van der Waals surface area (Å²) in [4.78, 5) is 0. The van der Waals surface area contributed by atoms with Crippen molar-refractivity contribution in [1.29, 1.82) is 0 Å². The number of hydrogen-bond donors (Lipinski definition) is 0. The molecule has 0 amide bonds. The minimum absolute atomic E-state index is 0.00351. The monoisotopic (exact) mass is 741 g/mol. The summed E-state index contributed by atoms with van der Waals surface area (Å²) in [6.07, 6.45) is 0. The molecule has 0 N–H and O–H groups in total. The zero-order valence-corrected chi connectivity index (χ0v) is 29.8. The Morgan fingerprint density at radius 1 is 0.316 bits per heavy atom. The first-order chi connectivity index (χ1) is 35.0. The highest BCUT2D eigenvalue weighted by atomic mass is 15.0. The number of nitrogens with zero attached hydrogens (tertiary/aromatic N) is 3. The van der Waals surface area contributed by atoms with E-state index in [2.05, 4.69) is 33.4 Å². The highest BCUT2D eigenvalue weighted by Gasteiger charge is 2.23. The molecular weight excluding hydrogens is 691 g/mol. The molecule has 0 fully saturated rings. The van der Waals surface area contributed by atoms with Crippen molar-refractivity contribution in [1.82, 2.24) is 13.7 Å². The van der Waals surface area contributed by atoms with Crippen molar-refractivity contribution in [3.63, 3.8) is 0 Å². The standard InChI is InChI=1S/C54H35N3/c1-3-16-36(17-4-1)37-30-32-39(33-31-37)56-48-27-13-9-22-44(48)52-42(24-15-29-50(52)56)40-20-7-11-25-46(40)57-47-26-12-8-21-41(47)43-34-35-51-53(54(43)57)45-23-10-14-28-49(45)55(51)38-18-5-2-6-19-38/h1-35H/i1D,3D,4D,9D,13D,15D,16D,17D,22D,24D,27D,29D,30D,31D,32D,33D. The Bertz CT molecular complexity index is 4400. The second kappa shape index (κ2) is 12.5. The second-order valence-electron chi connectivity index (χ2n) is 13.7. The smallest absolute Gasteiger partial charge is 0.0645 e. The van der Waals surface area contributed by atoms with Crippen LogP contribution in [0, 0.1) is 0 Å². The predicted octanol–water partition coefficient (Wildman–Crippen LogP) is 14.3. The second-order valence-corrected chi connectivity index (χ2v) is 13.7. The minimum Gasteiger partial charge on any atom is -0.309 e. The number of rotatable bonds is 5. The molecule has 0 saturated heterocycles. The van der Waals surface area contributed by atoms with Gasteiger partial charge in [-0.1, -0.05) is 151 Å². The van der Waals surface area contributed by atoms with Gasteiger partial charge in [0.1, 0.15) is 0 Å². The third-order valence-electron chi connectivity index (χ3n) is 10.7. The summed E-state index contributed by atoms with van der Waals surface area (Å²) in [6, 6.07) is 25.8. The first-order valence-corrected chi connectivity index (χ1v) is 18.3. The fraction of sp³-hybridized carbons (Fsp3) is 0. The summed E-state index contributed by atoms with van der Waals surface area (Å²) in [5.41, 5.74) is 2.80. The van der Waals surface area contributed by atoms with Gasteiger partial charge in [0.05, 0.1) is 60.7 Å². The average molecular weight is 742 g/mol. The predicted molar refractivity (Wildman–Crippen MR) is 240 cm³/mol. The molecule has 0 spiro atoms. The van der Waals surface area contributed by atoms with Crippen LogP contribution in [-0.4, -0.2) is 13.7 Å². The normalized spacial score (nSPS) is 15.8. The molecule has 0 unspecified atom stereocenters. The lowest BCUT2D eigenvalue weighted by molar-refractivity contribution is 1.17. The first kappa shape index (κ1) is 19.8. The van der Waals surface area contributed by atoms with Crippen molar-refractivity contribution in [2.24, 2.45) is 0 Å². The van der Waals surface area contributed by atoms with E-state index in [9.17, 15) is 12.3 Å². The van der Waals surface area contributed by atoms with Gasteiger partial charge in [0.2, 0.25) is 0 Å². The van der Waals surface area contributed by atoms with Gasteiger partial charge in [-0.15, -0.1) is 0 Å². The average Bonchev–Trinajstić information content (AvgIpc) is 4.07. The molecule has 3 aromatic heterocycles. The van der Waals surface area contributed by atoms with Crippen LogP contribution >= 0.6 is 0 Å². The number of benzene rings is 9. The molecule has 3 nitrogen and oxygen atoms in total. The summed E-state index contributed by atoms with van der Waals surface area (Å²) < 4.78 is 150. The van der Waals surface area contributed by atoms with Crippen LogP contribution < -0.4 is 0 Å². The van der Waals surface area contributed by atoms with E-state index in [4.69, 9.17) is 9.60 Å². The molecule has 9 aromatic carbocycles. The fourth-order valence-corrected chi connectivity index (χ4v) is 8.41. The third-order valence-corrected chi connectivity index (χ3v) is 10.7. The van der Waals surface area contributed by atoms with Crippen molar-refractivity contribution in [2.75, 3.05) is 0 Å². The Morgan fingerprint density at radius 3 is 1.81 bits per heavy atom. The van der Waals surface area contributed by atoms with E-state index >= 15 is 0 Å². The molecule has 3 heteroatoms. The molecule has 12 aromatic rings. The Kier molecular flexibility index (Phi) is 4.33. The minimum atomic E-state index is -0.836. The lowest BCUT2D eigenvalue weighted by atomic mass is 9.97. The summed E-state index contributed by atoms with van der Waals surface area (Å²) in [5, 5.41) is 3.40. The van der Waals surface area contributed by atoms with Gasteiger partial charge in [-0.3, -0.25) is 0 Å². The first-order valence-electron chi connectivity index (χ1n) is 26.3. The Labute approximate surface area is 352 Å². The van der Waals surface area contributed by atoms with E-state index in [1.807, 2.05) is 78.9 Å². The number of aromatic nitrogens is 3. The number of hydrogen-bond acceptors (Lipinski definition) is 0. The quantitative estimate of drug-likeness (QED) is 0.167. The van der Waals surface area contributed by atoms with Gasteiger partial charge in [-0.05, 0) is 77.3 Å². The Balaban J connectivity index is 1.25. The molecule has 0 atom stereocenters. The van der Waals surface area contributed by atoms with Crippen molar-refractivity contribution in [3.05, 3.63) is 212 Å². The van der Waals surface area contributed by atoms with Gasteiger partial charge < -0.3 is 13.7 Å². The maximum Gasteiger partial charge on any atom is 0.0645 e. The van der Waals surface area contributed by atoms with Crippen LogP contribution in [0.2, 0.25) is 0 Å². The fourth-order valence-electron chi connectivity index (χ4n) is 8.41. The van der Waals surface area contributed by atoms with E-state index < -0.39 is 113 Å². The molecule has 12 rings (SSSR count). The van der Waals surface area contributed by atoms with Crippen molar-refractivity contribution in [2.45, 2.75) is 0 Å². The molecule has 0 radical (unpaired) electrons. The SMILES string of the molecule is [2H]c1c([2H])c([2H])c(-c2c([2H])c([2H])c(-n3c4c([2H])c([2H])c([2H])c([2H])c4c4c(-c5ccccc5-n5c6ccccc6c6ccc7c(c8ccccc8n7-c7ccccc7)c65)c([2H])c([2H])c([2H])c43)c([2H])c2[2H])c([2H])c1[2H]. The number of para-hydroxylation sites is 5. The molecule has 0 saturated carbocycles. The molecular formula is C54H35N3. The van der Waals surface area contributed by atoms with Crippen LogP contribution in [0.1, 0.15) is 21.9 Å². The number of fused-ring (bicyclic) bond motifs is 10. The maximum absolute atomic E-state index is 9.78. The summed E-state index contributed by atoms with van der Waals surface area (Å²) in [7, 11) is 0. The van der Waals surface area contributed by atoms with Crippen LogP contribution in [0.15, 0.2) is 212 Å². The largest absolute Gasteiger partial charge is 0.309 e. The van der Waals surface area contributed by atoms with Crippen molar-refractivity contribution in [3.8, 4) is 39.3 Å². The van der Waals surface area contributed by atoms with Gasteiger partial charge >= 0.3 is 0 Å². The maximum atomic E-state index is 9.78. The van der Waals surface area contributed by atoms with Gasteiger partial charge in [-0.25, -0.2) is 0 Å². The lowest BCUT2D eigenvalue weighted by Crippen LogP contribution is -1.98. The molecule has 57 heavy (non-hydrogen) atoms. The van der Waals surface area contributed by atoms with Crippen LogP contribution in [0.5, 0.6) is 0 Å². The van der Waals surface area contributed by atoms with Gasteiger partial charge in [0.15, 0.2) is 0 Å². The highest BCUT2D eigenvalue weighted by Crippen LogP contribution is 2.45. The topological polar surface area (TPSA) is 14.8 Å². The van der Waals surface area contributed by atoms with E-state index in [-0.39, 0.29) is 27.4 Å². The van der Waals surface area contributed by atoms with Gasteiger partial charge in [0.25, 0.3) is 0 Å². The lowest BCUT2D eigenvalue weighted by Gasteiger charge is -2.16. The van der Waals surface area contributed by atoms with Crippen LogP contribution in [-0.2, 0) is 0 Å². The zero-order chi connectivity index (χ0) is 51.4. The molecule has 0 aliphatic carbocycles. The summed E-state index contributed by atoms with van der Waals surface area (Å²) >= 11 is 0. The molecule has 0 aliphatic heterocycles. The van der Waals surface area contributed by atoms with Crippen LogP contribution in [0.4, 0.5) is 0 Å². The zero-order valence-electron chi connectivity index (χ0n) is 45.8. The Morgan fingerprint density at radius 2 is 0.965 bits per heavy atom. The van der Waals surface area contributed by atoms with E-state index in [0.717, 1.165) is 53.9 Å². The van der Waals surface area contributed by atoms with Gasteiger partial charge in [0, 0.05) is 49.3 Å². The van der Waals surface area contributed by atoms with Crippen LogP contribution in [0.25, 0.3) is 105 Å².